The number of piperidine rings is 1. The molecule has 20 heavy (non-hydrogen) atoms. The number of Topliss-reactive ketones (excluding diaryl/α,β-unsaturated/α-hetero) is 1. The van der Waals surface area contributed by atoms with Crippen molar-refractivity contribution in [2.45, 2.75) is 57.4 Å². The Kier molecular flexibility index (Phi) is 4.56. The van der Waals surface area contributed by atoms with E-state index in [1.165, 1.54) is 32.1 Å². The first-order valence-corrected chi connectivity index (χ1v) is 8.25. The molecule has 2 heterocycles. The molecule has 1 N–H and O–H groups in total. The lowest BCUT2D eigenvalue weighted by Crippen LogP contribution is -2.30. The van der Waals surface area contributed by atoms with E-state index in [0.717, 1.165) is 38.0 Å². The van der Waals surface area contributed by atoms with Crippen molar-refractivity contribution in [1.82, 2.24) is 9.88 Å². The maximum absolute atomic E-state index is 12.6. The molecule has 0 radical (unpaired) electrons. The van der Waals surface area contributed by atoms with E-state index in [-0.39, 0.29) is 0 Å². The number of ketones is 1. The second kappa shape index (κ2) is 6.57. The van der Waals surface area contributed by atoms with Crippen LogP contribution in [0.1, 0.15) is 67.9 Å². The van der Waals surface area contributed by atoms with Crippen LogP contribution in [0.3, 0.4) is 0 Å². The standard InChI is InChI=1S/C17H26N2O/c20-17(13-14-5-2-1-3-6-14)16-7-4-12-19(16)15-8-10-18-11-9-15/h4,7,12,14-15,18H,1-3,5-6,8-11,13H2. The zero-order chi connectivity index (χ0) is 13.8. The van der Waals surface area contributed by atoms with Gasteiger partial charge in [-0.2, -0.15) is 0 Å². The van der Waals surface area contributed by atoms with Gasteiger partial charge in [0.2, 0.25) is 0 Å². The van der Waals surface area contributed by atoms with Crippen LogP contribution in [0, 0.1) is 5.92 Å². The fourth-order valence-corrected chi connectivity index (χ4v) is 3.79. The molecule has 2 aliphatic rings. The van der Waals surface area contributed by atoms with Gasteiger partial charge in [0.1, 0.15) is 0 Å². The van der Waals surface area contributed by atoms with Gasteiger partial charge in [-0.1, -0.05) is 32.1 Å². The van der Waals surface area contributed by atoms with E-state index in [1.54, 1.807) is 0 Å². The predicted molar refractivity (Wildman–Crippen MR) is 81.1 cm³/mol. The molecule has 1 saturated heterocycles. The van der Waals surface area contributed by atoms with Crippen molar-refractivity contribution in [2.75, 3.05) is 13.1 Å². The normalized spacial score (nSPS) is 22.0. The highest BCUT2D eigenvalue weighted by Crippen LogP contribution is 2.29. The topological polar surface area (TPSA) is 34.0 Å². The predicted octanol–water partition coefficient (Wildman–Crippen LogP) is 3.57. The molecule has 1 aromatic rings. The summed E-state index contributed by atoms with van der Waals surface area (Å²) < 4.78 is 2.24. The maximum atomic E-state index is 12.6. The van der Waals surface area contributed by atoms with E-state index in [4.69, 9.17) is 0 Å². The molecule has 0 unspecified atom stereocenters. The van der Waals surface area contributed by atoms with E-state index in [1.807, 2.05) is 12.1 Å². The third-order valence-electron chi connectivity index (χ3n) is 4.97. The first kappa shape index (κ1) is 13.9. The Morgan fingerprint density at radius 2 is 1.90 bits per heavy atom. The Balaban J connectivity index is 1.66. The zero-order valence-corrected chi connectivity index (χ0v) is 12.3. The summed E-state index contributed by atoms with van der Waals surface area (Å²) in [4.78, 5) is 12.6. The second-order valence-corrected chi connectivity index (χ2v) is 6.41. The molecule has 0 atom stereocenters. The van der Waals surface area contributed by atoms with Crippen LogP contribution in [0.15, 0.2) is 18.3 Å². The summed E-state index contributed by atoms with van der Waals surface area (Å²) >= 11 is 0. The minimum Gasteiger partial charge on any atom is -0.342 e. The molecule has 110 valence electrons. The van der Waals surface area contributed by atoms with E-state index in [2.05, 4.69) is 16.1 Å². The van der Waals surface area contributed by atoms with Crippen LogP contribution < -0.4 is 5.32 Å². The third kappa shape index (κ3) is 3.14. The van der Waals surface area contributed by atoms with Crippen LogP contribution in [-0.2, 0) is 0 Å². The first-order chi connectivity index (χ1) is 9.84. The fourth-order valence-electron chi connectivity index (χ4n) is 3.79. The summed E-state index contributed by atoms with van der Waals surface area (Å²) in [6.07, 6.45) is 11.6. The fraction of sp³-hybridized carbons (Fsp3) is 0.706. The van der Waals surface area contributed by atoms with Crippen LogP contribution in [0.5, 0.6) is 0 Å². The van der Waals surface area contributed by atoms with Crippen LogP contribution in [0.25, 0.3) is 0 Å². The Hall–Kier alpha value is -1.09. The summed E-state index contributed by atoms with van der Waals surface area (Å²) in [5, 5.41) is 3.39. The van der Waals surface area contributed by atoms with Crippen molar-refractivity contribution in [2.24, 2.45) is 5.92 Å². The Morgan fingerprint density at radius 1 is 1.15 bits per heavy atom. The minimum atomic E-state index is 0.362. The van der Waals surface area contributed by atoms with Crippen molar-refractivity contribution in [3.8, 4) is 0 Å². The molecule has 0 amide bonds. The number of hydrogen-bond donors (Lipinski definition) is 1. The Morgan fingerprint density at radius 3 is 2.65 bits per heavy atom. The lowest BCUT2D eigenvalue weighted by molar-refractivity contribution is 0.0937. The smallest absolute Gasteiger partial charge is 0.179 e. The largest absolute Gasteiger partial charge is 0.342 e. The van der Waals surface area contributed by atoms with Crippen LogP contribution >= 0.6 is 0 Å². The molecule has 3 rings (SSSR count). The van der Waals surface area contributed by atoms with Crippen molar-refractivity contribution in [3.05, 3.63) is 24.0 Å². The van der Waals surface area contributed by atoms with E-state index in [0.29, 0.717) is 17.7 Å². The number of aromatic nitrogens is 1. The molecule has 2 fully saturated rings. The summed E-state index contributed by atoms with van der Waals surface area (Å²) in [6.45, 7) is 2.14. The van der Waals surface area contributed by atoms with Crippen molar-refractivity contribution >= 4 is 5.78 Å². The highest BCUT2D eigenvalue weighted by molar-refractivity contribution is 5.94. The molecule has 3 heteroatoms. The quantitative estimate of drug-likeness (QED) is 0.852. The summed E-state index contributed by atoms with van der Waals surface area (Å²) in [5.41, 5.74) is 0.947. The van der Waals surface area contributed by atoms with Gasteiger partial charge >= 0.3 is 0 Å². The number of carbonyl (C=O) groups excluding carboxylic acids is 1. The summed E-state index contributed by atoms with van der Waals surface area (Å²) in [5.74, 6) is 0.994. The molecule has 0 aromatic carbocycles. The SMILES string of the molecule is O=C(CC1CCCCC1)c1cccn1C1CCNCC1. The van der Waals surface area contributed by atoms with Gasteiger partial charge in [-0.3, -0.25) is 4.79 Å². The monoisotopic (exact) mass is 274 g/mol. The van der Waals surface area contributed by atoms with E-state index >= 15 is 0 Å². The molecule has 3 nitrogen and oxygen atoms in total. The van der Waals surface area contributed by atoms with Crippen molar-refractivity contribution < 1.29 is 4.79 Å². The second-order valence-electron chi connectivity index (χ2n) is 6.41. The Bertz CT molecular complexity index is 440. The number of carbonyl (C=O) groups is 1. The lowest BCUT2D eigenvalue weighted by Gasteiger charge is -2.26. The molecule has 1 aromatic heterocycles. The van der Waals surface area contributed by atoms with Crippen LogP contribution in [0.2, 0.25) is 0 Å². The highest BCUT2D eigenvalue weighted by Gasteiger charge is 2.23. The first-order valence-electron chi connectivity index (χ1n) is 8.25. The summed E-state index contributed by atoms with van der Waals surface area (Å²) in [6, 6.07) is 4.57. The van der Waals surface area contributed by atoms with Gasteiger partial charge in [-0.05, 0) is 44.0 Å². The number of hydrogen-bond acceptors (Lipinski definition) is 2. The van der Waals surface area contributed by atoms with E-state index < -0.39 is 0 Å². The molecule has 0 spiro atoms. The molecule has 1 aliphatic heterocycles. The van der Waals surface area contributed by atoms with Crippen LogP contribution in [-0.4, -0.2) is 23.4 Å². The van der Waals surface area contributed by atoms with Gasteiger partial charge in [0.15, 0.2) is 5.78 Å². The Labute approximate surface area is 121 Å². The molecular formula is C17H26N2O. The van der Waals surface area contributed by atoms with Gasteiger partial charge in [0.25, 0.3) is 0 Å². The lowest BCUT2D eigenvalue weighted by atomic mass is 9.85. The van der Waals surface area contributed by atoms with Crippen LogP contribution in [0.4, 0.5) is 0 Å². The van der Waals surface area contributed by atoms with Gasteiger partial charge in [-0.15, -0.1) is 0 Å². The molecule has 1 saturated carbocycles. The third-order valence-corrected chi connectivity index (χ3v) is 4.97. The highest BCUT2D eigenvalue weighted by atomic mass is 16.1. The zero-order valence-electron chi connectivity index (χ0n) is 12.3. The van der Waals surface area contributed by atoms with E-state index in [9.17, 15) is 4.79 Å². The summed E-state index contributed by atoms with van der Waals surface area (Å²) in [7, 11) is 0. The minimum absolute atomic E-state index is 0.362. The molecular weight excluding hydrogens is 248 g/mol. The van der Waals surface area contributed by atoms with Crippen molar-refractivity contribution in [1.29, 1.82) is 0 Å². The molecule has 0 bridgehead atoms. The average Bonchev–Trinajstić information content (AvgIpc) is 2.99. The number of nitrogens with one attached hydrogen (secondary N) is 1. The average molecular weight is 274 g/mol. The number of nitrogens with zero attached hydrogens (tertiary/aromatic N) is 1. The van der Waals surface area contributed by atoms with Gasteiger partial charge in [-0.25, -0.2) is 0 Å². The molecule has 1 aliphatic carbocycles. The maximum Gasteiger partial charge on any atom is 0.179 e. The van der Waals surface area contributed by atoms with Gasteiger partial charge in [0, 0.05) is 18.7 Å². The van der Waals surface area contributed by atoms with Gasteiger partial charge in [0.05, 0.1) is 5.69 Å². The number of rotatable bonds is 4. The van der Waals surface area contributed by atoms with Crippen molar-refractivity contribution in [3.63, 3.8) is 0 Å². The van der Waals surface area contributed by atoms with Gasteiger partial charge < -0.3 is 9.88 Å².